The minimum Gasteiger partial charge on any atom is -0.450 e. The van der Waals surface area contributed by atoms with Crippen molar-refractivity contribution in [3.05, 3.63) is 0 Å². The van der Waals surface area contributed by atoms with Gasteiger partial charge in [-0.1, -0.05) is 19.6 Å². The maximum Gasteiger partial charge on any atom is 0.401 e. The Kier molecular flexibility index (Phi) is 3.58. The predicted octanol–water partition coefficient (Wildman–Crippen LogP) is 1.91. The molecule has 11 heavy (non-hydrogen) atoms. The molecule has 0 fully saturated rings. The van der Waals surface area contributed by atoms with E-state index in [0.717, 1.165) is 0 Å². The van der Waals surface area contributed by atoms with E-state index in [9.17, 15) is 4.79 Å². The van der Waals surface area contributed by atoms with Crippen LogP contribution in [0.4, 0.5) is 4.79 Å². The summed E-state index contributed by atoms with van der Waals surface area (Å²) in [5, 5.41) is 0. The first kappa shape index (κ1) is 10.5. The second-order valence-electron chi connectivity index (χ2n) is 3.43. The molecule has 0 bridgehead atoms. The van der Waals surface area contributed by atoms with E-state index in [-0.39, 0.29) is 6.09 Å². The molecule has 0 aliphatic rings. The van der Waals surface area contributed by atoms with Crippen LogP contribution in [0.5, 0.6) is 0 Å². The van der Waals surface area contributed by atoms with E-state index < -0.39 is 8.24 Å². The third kappa shape index (κ3) is 3.41. The van der Waals surface area contributed by atoms with Crippen molar-refractivity contribution >= 4 is 14.3 Å². The van der Waals surface area contributed by atoms with Crippen molar-refractivity contribution in [2.24, 2.45) is 0 Å². The number of carbonyl (C=O) groups excluding carboxylic acids is 1. The van der Waals surface area contributed by atoms with Crippen LogP contribution >= 0.6 is 0 Å². The first-order chi connectivity index (χ1) is 4.89. The number of ether oxygens (including phenoxy) is 1. The highest BCUT2D eigenvalue weighted by molar-refractivity contribution is 6.75. The molecule has 0 aliphatic heterocycles. The standard InChI is InChI=1S/C7H17NO2Si/c1-6-10-7(9)8(2)11(3,4)5/h6H2,1-5H3. The summed E-state index contributed by atoms with van der Waals surface area (Å²) >= 11 is 0. The Balaban J connectivity index is 4.03. The third-order valence-electron chi connectivity index (χ3n) is 1.55. The highest BCUT2D eigenvalue weighted by Gasteiger charge is 2.25. The van der Waals surface area contributed by atoms with E-state index in [1.54, 1.807) is 11.6 Å². The number of hydrogen-bond donors (Lipinski definition) is 0. The second-order valence-corrected chi connectivity index (χ2v) is 8.44. The largest absolute Gasteiger partial charge is 0.450 e. The molecule has 0 atom stereocenters. The van der Waals surface area contributed by atoms with Crippen molar-refractivity contribution in [3.8, 4) is 0 Å². The van der Waals surface area contributed by atoms with Crippen LogP contribution in [0.2, 0.25) is 19.6 Å². The normalized spacial score (nSPS) is 11.0. The summed E-state index contributed by atoms with van der Waals surface area (Å²) in [5.74, 6) is 0. The maximum atomic E-state index is 11.1. The number of nitrogens with zero attached hydrogens (tertiary/aromatic N) is 1. The average molecular weight is 175 g/mol. The third-order valence-corrected chi connectivity index (χ3v) is 3.74. The highest BCUT2D eigenvalue weighted by Crippen LogP contribution is 2.07. The molecule has 0 spiro atoms. The molecule has 0 aromatic rings. The van der Waals surface area contributed by atoms with Gasteiger partial charge in [0.2, 0.25) is 0 Å². The molecule has 0 heterocycles. The van der Waals surface area contributed by atoms with Gasteiger partial charge in [-0.15, -0.1) is 0 Å². The van der Waals surface area contributed by atoms with Crippen LogP contribution in [0, 0.1) is 0 Å². The minimum absolute atomic E-state index is 0.202. The minimum atomic E-state index is -1.50. The maximum absolute atomic E-state index is 11.1. The number of carbonyl (C=O) groups is 1. The summed E-state index contributed by atoms with van der Waals surface area (Å²) in [4.78, 5) is 11.1. The van der Waals surface area contributed by atoms with Crippen molar-refractivity contribution < 1.29 is 9.53 Å². The Hall–Kier alpha value is -0.513. The SMILES string of the molecule is CCOC(=O)N(C)[Si](C)(C)C. The smallest absolute Gasteiger partial charge is 0.401 e. The molecule has 66 valence electrons. The molecule has 0 aliphatic carbocycles. The van der Waals surface area contributed by atoms with Crippen LogP contribution in [-0.4, -0.2) is 32.5 Å². The van der Waals surface area contributed by atoms with Gasteiger partial charge in [0, 0.05) is 7.05 Å². The van der Waals surface area contributed by atoms with Crippen LogP contribution in [0.1, 0.15) is 6.92 Å². The monoisotopic (exact) mass is 175 g/mol. The van der Waals surface area contributed by atoms with E-state index in [0.29, 0.717) is 6.61 Å². The van der Waals surface area contributed by atoms with Gasteiger partial charge in [0.05, 0.1) is 6.61 Å². The number of amides is 1. The molecular weight excluding hydrogens is 158 g/mol. The summed E-state index contributed by atoms with van der Waals surface area (Å²) in [6, 6.07) is 0. The average Bonchev–Trinajstić information content (AvgIpc) is 1.85. The predicted molar refractivity (Wildman–Crippen MR) is 48.1 cm³/mol. The Morgan fingerprint density at radius 2 is 1.91 bits per heavy atom. The van der Waals surface area contributed by atoms with Crippen LogP contribution in [0.15, 0.2) is 0 Å². The van der Waals surface area contributed by atoms with Gasteiger partial charge in [-0.25, -0.2) is 4.79 Å². The molecule has 0 rings (SSSR count). The van der Waals surface area contributed by atoms with Gasteiger partial charge in [-0.2, -0.15) is 0 Å². The molecule has 0 aromatic heterocycles. The lowest BCUT2D eigenvalue weighted by atomic mass is 10.9. The van der Waals surface area contributed by atoms with Crippen molar-refractivity contribution in [1.82, 2.24) is 4.57 Å². The first-order valence-corrected chi connectivity index (χ1v) is 7.25. The summed E-state index contributed by atoms with van der Waals surface area (Å²) in [7, 11) is 0.294. The molecule has 0 saturated heterocycles. The van der Waals surface area contributed by atoms with E-state index in [1.165, 1.54) is 0 Å². The lowest BCUT2D eigenvalue weighted by Gasteiger charge is -2.28. The van der Waals surface area contributed by atoms with Gasteiger partial charge >= 0.3 is 6.09 Å². The van der Waals surface area contributed by atoms with Gasteiger partial charge in [0.1, 0.15) is 0 Å². The van der Waals surface area contributed by atoms with Gasteiger partial charge in [-0.3, -0.25) is 0 Å². The Morgan fingerprint density at radius 3 is 2.18 bits per heavy atom. The second kappa shape index (κ2) is 3.76. The van der Waals surface area contributed by atoms with E-state index >= 15 is 0 Å². The molecule has 0 saturated carbocycles. The van der Waals surface area contributed by atoms with Gasteiger partial charge in [0.25, 0.3) is 0 Å². The molecule has 3 nitrogen and oxygen atoms in total. The molecular formula is C7H17NO2Si. The molecule has 0 unspecified atom stereocenters. The fourth-order valence-electron chi connectivity index (χ4n) is 0.494. The zero-order valence-electron chi connectivity index (χ0n) is 7.97. The quantitative estimate of drug-likeness (QED) is 0.600. The van der Waals surface area contributed by atoms with Crippen molar-refractivity contribution in [3.63, 3.8) is 0 Å². The fourth-order valence-corrected chi connectivity index (χ4v) is 1.11. The van der Waals surface area contributed by atoms with Crippen LogP contribution in [0.3, 0.4) is 0 Å². The van der Waals surface area contributed by atoms with Crippen molar-refractivity contribution in [2.75, 3.05) is 13.7 Å². The topological polar surface area (TPSA) is 29.5 Å². The summed E-state index contributed by atoms with van der Waals surface area (Å²) < 4.78 is 6.57. The lowest BCUT2D eigenvalue weighted by Crippen LogP contribution is -2.47. The van der Waals surface area contributed by atoms with Gasteiger partial charge < -0.3 is 9.30 Å². The summed E-state index contributed by atoms with van der Waals surface area (Å²) in [6.07, 6.45) is -0.202. The Labute approximate surface area is 69.4 Å². The molecule has 1 amide bonds. The molecule has 0 N–H and O–H groups in total. The van der Waals surface area contributed by atoms with Gasteiger partial charge in [-0.05, 0) is 6.92 Å². The summed E-state index contributed by atoms with van der Waals surface area (Å²) in [5.41, 5.74) is 0. The van der Waals surface area contributed by atoms with Crippen LogP contribution < -0.4 is 0 Å². The lowest BCUT2D eigenvalue weighted by molar-refractivity contribution is 0.134. The Morgan fingerprint density at radius 1 is 1.45 bits per heavy atom. The fraction of sp³-hybridized carbons (Fsp3) is 0.857. The van der Waals surface area contributed by atoms with E-state index in [2.05, 4.69) is 19.6 Å². The highest BCUT2D eigenvalue weighted by atomic mass is 28.3. The molecule has 4 heteroatoms. The zero-order chi connectivity index (χ0) is 9.07. The van der Waals surface area contributed by atoms with Crippen LogP contribution in [-0.2, 0) is 4.74 Å². The zero-order valence-corrected chi connectivity index (χ0v) is 8.97. The number of hydrogen-bond acceptors (Lipinski definition) is 2. The van der Waals surface area contributed by atoms with Crippen molar-refractivity contribution in [1.29, 1.82) is 0 Å². The van der Waals surface area contributed by atoms with E-state index in [4.69, 9.17) is 4.74 Å². The van der Waals surface area contributed by atoms with Crippen molar-refractivity contribution in [2.45, 2.75) is 26.6 Å². The molecule has 0 aromatic carbocycles. The van der Waals surface area contributed by atoms with E-state index in [1.807, 2.05) is 6.92 Å². The van der Waals surface area contributed by atoms with Crippen LogP contribution in [0.25, 0.3) is 0 Å². The first-order valence-electron chi connectivity index (χ1n) is 3.80. The number of rotatable bonds is 2. The summed E-state index contributed by atoms with van der Waals surface area (Å²) in [6.45, 7) is 8.57. The Bertz CT molecular complexity index is 142. The van der Waals surface area contributed by atoms with Gasteiger partial charge in [0.15, 0.2) is 8.24 Å². The molecule has 0 radical (unpaired) electrons.